The lowest BCUT2D eigenvalue weighted by atomic mass is 10.2. The van der Waals surface area contributed by atoms with Gasteiger partial charge < -0.3 is 9.26 Å². The molecule has 0 spiro atoms. The summed E-state index contributed by atoms with van der Waals surface area (Å²) in [5, 5.41) is 8.13. The van der Waals surface area contributed by atoms with Gasteiger partial charge in [-0.1, -0.05) is 11.2 Å². The molecule has 10 nitrogen and oxygen atoms in total. The van der Waals surface area contributed by atoms with Crippen molar-refractivity contribution in [2.45, 2.75) is 6.54 Å². The number of benzene rings is 1. The Morgan fingerprint density at radius 1 is 1.03 bits per heavy atom. The molecule has 0 amide bonds. The van der Waals surface area contributed by atoms with Crippen molar-refractivity contribution >= 4 is 5.65 Å². The number of ether oxygens (including phenoxy) is 1. The van der Waals surface area contributed by atoms with Gasteiger partial charge in [-0.15, -0.1) is 0 Å². The van der Waals surface area contributed by atoms with Crippen LogP contribution in [0.3, 0.4) is 0 Å². The summed E-state index contributed by atoms with van der Waals surface area (Å²) in [7, 11) is 1.37. The van der Waals surface area contributed by atoms with Crippen molar-refractivity contribution in [1.82, 2.24) is 29.3 Å². The molecule has 0 saturated heterocycles. The minimum Gasteiger partial charge on any atom is -0.494 e. The summed E-state index contributed by atoms with van der Waals surface area (Å²) < 4.78 is 26.7. The van der Waals surface area contributed by atoms with Crippen LogP contribution in [0.15, 0.2) is 74.9 Å². The molecule has 0 unspecified atom stereocenters. The highest BCUT2D eigenvalue weighted by Gasteiger charge is 2.15. The van der Waals surface area contributed by atoms with Crippen LogP contribution >= 0.6 is 0 Å². The second-order valence-corrected chi connectivity index (χ2v) is 7.00. The van der Waals surface area contributed by atoms with Crippen molar-refractivity contribution in [2.24, 2.45) is 0 Å². The highest BCUT2D eigenvalue weighted by molar-refractivity contribution is 5.59. The maximum Gasteiger partial charge on any atom is 0.278 e. The fourth-order valence-electron chi connectivity index (χ4n) is 3.26. The van der Waals surface area contributed by atoms with Crippen LogP contribution in [0.5, 0.6) is 5.75 Å². The minimum absolute atomic E-state index is 0.0298. The van der Waals surface area contributed by atoms with E-state index in [0.29, 0.717) is 16.9 Å². The smallest absolute Gasteiger partial charge is 0.278 e. The molecule has 0 aliphatic heterocycles. The zero-order valence-electron chi connectivity index (χ0n) is 17.2. The molecule has 0 atom stereocenters. The van der Waals surface area contributed by atoms with E-state index in [1.54, 1.807) is 30.5 Å². The SMILES string of the molecule is COc1ccc(-c2noc(-c3ccc(=O)n(Cc4cc(=O)n5ccccc5n4)n3)n2)cc1F. The molecule has 0 bridgehead atoms. The maximum absolute atomic E-state index is 14.0. The molecule has 0 radical (unpaired) electrons. The maximum atomic E-state index is 14.0. The van der Waals surface area contributed by atoms with E-state index in [1.807, 2.05) is 0 Å². The van der Waals surface area contributed by atoms with Gasteiger partial charge >= 0.3 is 0 Å². The molecule has 0 aliphatic carbocycles. The molecule has 0 N–H and O–H groups in total. The third-order valence-corrected chi connectivity index (χ3v) is 4.86. The Morgan fingerprint density at radius 2 is 1.91 bits per heavy atom. The van der Waals surface area contributed by atoms with Crippen molar-refractivity contribution in [3.8, 4) is 28.7 Å². The van der Waals surface area contributed by atoms with E-state index in [9.17, 15) is 14.0 Å². The van der Waals surface area contributed by atoms with Gasteiger partial charge in [0.25, 0.3) is 17.0 Å². The summed E-state index contributed by atoms with van der Waals surface area (Å²) in [5.74, 6) is -0.276. The van der Waals surface area contributed by atoms with Crippen molar-refractivity contribution in [3.05, 3.63) is 93.0 Å². The van der Waals surface area contributed by atoms with Gasteiger partial charge in [-0.3, -0.25) is 14.0 Å². The number of methoxy groups -OCH3 is 1. The normalized spacial score (nSPS) is 11.1. The highest BCUT2D eigenvalue weighted by Crippen LogP contribution is 2.25. The molecule has 0 saturated carbocycles. The Hall–Kier alpha value is -4.67. The van der Waals surface area contributed by atoms with Crippen LogP contribution in [0, 0.1) is 5.82 Å². The van der Waals surface area contributed by atoms with E-state index >= 15 is 0 Å². The number of fused-ring (bicyclic) bond motifs is 1. The Bertz CT molecular complexity index is 1610. The topological polar surface area (TPSA) is 117 Å². The predicted molar refractivity (Wildman–Crippen MR) is 114 cm³/mol. The van der Waals surface area contributed by atoms with Crippen LogP contribution in [0.25, 0.3) is 28.6 Å². The van der Waals surface area contributed by atoms with Gasteiger partial charge in [0.1, 0.15) is 11.3 Å². The van der Waals surface area contributed by atoms with Gasteiger partial charge in [0, 0.05) is 23.9 Å². The number of pyridine rings is 1. The van der Waals surface area contributed by atoms with Crippen LogP contribution in [0.1, 0.15) is 5.69 Å². The van der Waals surface area contributed by atoms with Crippen LogP contribution in [-0.2, 0) is 6.54 Å². The van der Waals surface area contributed by atoms with Gasteiger partial charge in [-0.05, 0) is 36.4 Å². The zero-order chi connectivity index (χ0) is 22.9. The fourth-order valence-corrected chi connectivity index (χ4v) is 3.26. The first-order valence-corrected chi connectivity index (χ1v) is 9.75. The lowest BCUT2D eigenvalue weighted by Crippen LogP contribution is -2.25. The second-order valence-electron chi connectivity index (χ2n) is 7.00. The highest BCUT2D eigenvalue weighted by atomic mass is 19.1. The number of halogens is 1. The molecular weight excluding hydrogens is 431 g/mol. The summed E-state index contributed by atoms with van der Waals surface area (Å²) in [6.07, 6.45) is 1.61. The quantitative estimate of drug-likeness (QED) is 0.403. The summed E-state index contributed by atoms with van der Waals surface area (Å²) in [6.45, 7) is -0.0298. The third kappa shape index (κ3) is 3.87. The molecular formula is C22H15FN6O4. The summed E-state index contributed by atoms with van der Waals surface area (Å²) >= 11 is 0. The number of hydrogen-bond donors (Lipinski definition) is 0. The average molecular weight is 446 g/mol. The van der Waals surface area contributed by atoms with Gasteiger partial charge in [-0.25, -0.2) is 14.1 Å². The van der Waals surface area contributed by atoms with Gasteiger partial charge in [0.2, 0.25) is 5.82 Å². The molecule has 5 aromatic rings. The van der Waals surface area contributed by atoms with Crippen molar-refractivity contribution in [1.29, 1.82) is 0 Å². The van der Waals surface area contributed by atoms with Crippen LogP contribution in [-0.4, -0.2) is 36.4 Å². The van der Waals surface area contributed by atoms with E-state index in [1.165, 1.54) is 41.8 Å². The van der Waals surface area contributed by atoms with Crippen molar-refractivity contribution < 1.29 is 13.7 Å². The largest absolute Gasteiger partial charge is 0.494 e. The van der Waals surface area contributed by atoms with Crippen LogP contribution in [0.2, 0.25) is 0 Å². The van der Waals surface area contributed by atoms with E-state index in [-0.39, 0.29) is 35.3 Å². The molecule has 11 heteroatoms. The lowest BCUT2D eigenvalue weighted by molar-refractivity contribution is 0.386. The molecule has 164 valence electrons. The Kier molecular flexibility index (Phi) is 4.98. The van der Waals surface area contributed by atoms with E-state index in [0.717, 1.165) is 4.68 Å². The Morgan fingerprint density at radius 3 is 2.73 bits per heavy atom. The second kappa shape index (κ2) is 8.11. The zero-order valence-corrected chi connectivity index (χ0v) is 17.2. The molecule has 4 aromatic heterocycles. The molecule has 1 aromatic carbocycles. The Balaban J connectivity index is 1.47. The molecule has 4 heterocycles. The first-order valence-electron chi connectivity index (χ1n) is 9.75. The van der Waals surface area contributed by atoms with Crippen molar-refractivity contribution in [2.75, 3.05) is 7.11 Å². The standard InChI is InChI=1S/C22H15FN6O4/c1-32-17-7-5-13(10-15(17)23)21-25-22(33-27-21)16-6-8-19(30)29(26-16)12-14-11-20(31)28-9-3-2-4-18(28)24-14/h2-11H,12H2,1H3. The van der Waals surface area contributed by atoms with Gasteiger partial charge in [0.05, 0.1) is 19.3 Å². The van der Waals surface area contributed by atoms with Crippen LogP contribution in [0.4, 0.5) is 4.39 Å². The third-order valence-electron chi connectivity index (χ3n) is 4.86. The minimum atomic E-state index is -0.563. The summed E-state index contributed by atoms with van der Waals surface area (Å²) in [6, 6.07) is 13.5. The first-order chi connectivity index (χ1) is 16.0. The first kappa shape index (κ1) is 20.2. The van der Waals surface area contributed by atoms with E-state index in [4.69, 9.17) is 9.26 Å². The molecule has 33 heavy (non-hydrogen) atoms. The summed E-state index contributed by atoms with van der Waals surface area (Å²) in [4.78, 5) is 33.3. The Labute approximate surface area is 184 Å². The van der Waals surface area contributed by atoms with Gasteiger partial charge in [-0.2, -0.15) is 10.1 Å². The number of hydrogen-bond acceptors (Lipinski definition) is 8. The van der Waals surface area contributed by atoms with Gasteiger partial charge in [0.15, 0.2) is 11.6 Å². The fraction of sp³-hybridized carbons (Fsp3) is 0.0909. The lowest BCUT2D eigenvalue weighted by Gasteiger charge is -2.06. The van der Waals surface area contributed by atoms with E-state index < -0.39 is 11.4 Å². The average Bonchev–Trinajstić information content (AvgIpc) is 3.31. The number of nitrogens with zero attached hydrogens (tertiary/aromatic N) is 6. The molecule has 5 rings (SSSR count). The monoisotopic (exact) mass is 446 g/mol. The van der Waals surface area contributed by atoms with Crippen LogP contribution < -0.4 is 15.9 Å². The molecule has 0 aliphatic rings. The molecule has 0 fully saturated rings. The number of rotatable bonds is 5. The van der Waals surface area contributed by atoms with E-state index in [2.05, 4.69) is 20.2 Å². The summed E-state index contributed by atoms with van der Waals surface area (Å²) in [5.41, 5.74) is 0.784. The predicted octanol–water partition coefficient (Wildman–Crippen LogP) is 2.16. The number of aromatic nitrogens is 6. The van der Waals surface area contributed by atoms with Crippen molar-refractivity contribution in [3.63, 3.8) is 0 Å².